The van der Waals surface area contributed by atoms with E-state index in [4.69, 9.17) is 23.2 Å². The fraction of sp³-hybridized carbons (Fsp3) is 0.333. The van der Waals surface area contributed by atoms with Crippen molar-refractivity contribution in [3.8, 4) is 0 Å². The SMILES string of the molecule is CC(C)N(Cc1cccs1)c1c(Cl)cccc1CCl. The van der Waals surface area contributed by atoms with Crippen LogP contribution in [0.2, 0.25) is 5.02 Å². The summed E-state index contributed by atoms with van der Waals surface area (Å²) in [6.45, 7) is 5.22. The third-order valence-electron chi connectivity index (χ3n) is 3.03. The van der Waals surface area contributed by atoms with E-state index in [9.17, 15) is 0 Å². The molecule has 0 radical (unpaired) electrons. The minimum Gasteiger partial charge on any atom is -0.362 e. The molecule has 1 nitrogen and oxygen atoms in total. The van der Waals surface area contributed by atoms with Crippen LogP contribution in [-0.2, 0) is 12.4 Å². The van der Waals surface area contributed by atoms with Crippen molar-refractivity contribution in [1.82, 2.24) is 0 Å². The molecule has 0 aliphatic carbocycles. The van der Waals surface area contributed by atoms with E-state index in [1.54, 1.807) is 11.3 Å². The first-order valence-electron chi connectivity index (χ1n) is 6.26. The van der Waals surface area contributed by atoms with E-state index >= 15 is 0 Å². The maximum Gasteiger partial charge on any atom is 0.0643 e. The number of halogens is 2. The molecule has 0 bridgehead atoms. The molecule has 0 aliphatic heterocycles. The zero-order chi connectivity index (χ0) is 13.8. The topological polar surface area (TPSA) is 3.24 Å². The first kappa shape index (κ1) is 14.7. The lowest BCUT2D eigenvalue weighted by Crippen LogP contribution is -2.30. The normalized spacial score (nSPS) is 11.0. The van der Waals surface area contributed by atoms with Gasteiger partial charge in [0.25, 0.3) is 0 Å². The lowest BCUT2D eigenvalue weighted by atomic mass is 10.1. The molecular weight excluding hydrogens is 297 g/mol. The summed E-state index contributed by atoms with van der Waals surface area (Å²) in [6, 6.07) is 10.5. The highest BCUT2D eigenvalue weighted by molar-refractivity contribution is 7.09. The van der Waals surface area contributed by atoms with Gasteiger partial charge in [0, 0.05) is 16.8 Å². The van der Waals surface area contributed by atoms with Gasteiger partial charge in [0.1, 0.15) is 0 Å². The third kappa shape index (κ3) is 3.44. The van der Waals surface area contributed by atoms with Gasteiger partial charge >= 0.3 is 0 Å². The standard InChI is InChI=1S/C15H17Cl2NS/c1-11(2)18(10-13-6-4-8-19-13)15-12(9-16)5-3-7-14(15)17/h3-8,11H,9-10H2,1-2H3. The number of para-hydroxylation sites is 1. The number of hydrogen-bond donors (Lipinski definition) is 0. The molecule has 0 saturated carbocycles. The summed E-state index contributed by atoms with van der Waals surface area (Å²) in [7, 11) is 0. The lowest BCUT2D eigenvalue weighted by molar-refractivity contribution is 0.685. The molecule has 0 unspecified atom stereocenters. The zero-order valence-electron chi connectivity index (χ0n) is 11.1. The van der Waals surface area contributed by atoms with Crippen LogP contribution in [0, 0.1) is 0 Å². The molecule has 1 aromatic carbocycles. The molecule has 0 fully saturated rings. The second-order valence-corrected chi connectivity index (χ2v) is 6.39. The molecule has 4 heteroatoms. The van der Waals surface area contributed by atoms with Gasteiger partial charge in [-0.25, -0.2) is 0 Å². The number of rotatable bonds is 5. The van der Waals surface area contributed by atoms with Crippen molar-refractivity contribution in [2.45, 2.75) is 32.3 Å². The Bertz CT molecular complexity index is 523. The molecule has 2 aromatic rings. The smallest absolute Gasteiger partial charge is 0.0643 e. The molecule has 0 N–H and O–H groups in total. The summed E-state index contributed by atoms with van der Waals surface area (Å²) in [4.78, 5) is 3.64. The molecule has 102 valence electrons. The molecule has 1 heterocycles. The quantitative estimate of drug-likeness (QED) is 0.654. The molecular formula is C15H17Cl2NS. The van der Waals surface area contributed by atoms with Crippen molar-refractivity contribution in [3.63, 3.8) is 0 Å². The predicted molar refractivity (Wildman–Crippen MR) is 86.6 cm³/mol. The van der Waals surface area contributed by atoms with Crippen LogP contribution in [0.1, 0.15) is 24.3 Å². The van der Waals surface area contributed by atoms with Gasteiger partial charge in [-0.15, -0.1) is 22.9 Å². The van der Waals surface area contributed by atoms with E-state index in [0.29, 0.717) is 11.9 Å². The summed E-state index contributed by atoms with van der Waals surface area (Å²) in [5, 5.41) is 2.87. The van der Waals surface area contributed by atoms with Crippen LogP contribution >= 0.6 is 34.5 Å². The van der Waals surface area contributed by atoms with E-state index in [2.05, 4.69) is 36.3 Å². The second kappa shape index (κ2) is 6.65. The highest BCUT2D eigenvalue weighted by Gasteiger charge is 2.18. The minimum absolute atomic E-state index is 0.365. The summed E-state index contributed by atoms with van der Waals surface area (Å²) in [5.41, 5.74) is 2.14. The van der Waals surface area contributed by atoms with Crippen LogP contribution in [0.5, 0.6) is 0 Å². The first-order chi connectivity index (χ1) is 9.13. The van der Waals surface area contributed by atoms with Crippen LogP contribution < -0.4 is 4.90 Å². The Labute approximate surface area is 128 Å². The Balaban J connectivity index is 2.39. The average molecular weight is 314 g/mol. The van der Waals surface area contributed by atoms with Gasteiger partial charge < -0.3 is 4.90 Å². The Morgan fingerprint density at radius 2 is 2.00 bits per heavy atom. The van der Waals surface area contributed by atoms with Crippen molar-refractivity contribution < 1.29 is 0 Å². The van der Waals surface area contributed by atoms with E-state index in [0.717, 1.165) is 22.8 Å². The van der Waals surface area contributed by atoms with Gasteiger partial charge in [-0.05, 0) is 36.9 Å². The van der Waals surface area contributed by atoms with E-state index in [1.165, 1.54) is 4.88 Å². The Morgan fingerprint density at radius 3 is 2.58 bits per heavy atom. The highest BCUT2D eigenvalue weighted by atomic mass is 35.5. The maximum atomic E-state index is 6.39. The second-order valence-electron chi connectivity index (χ2n) is 4.68. The first-order valence-corrected chi connectivity index (χ1v) is 8.05. The molecule has 2 rings (SSSR count). The number of benzene rings is 1. The number of nitrogens with zero attached hydrogens (tertiary/aromatic N) is 1. The van der Waals surface area contributed by atoms with Crippen LogP contribution in [0.25, 0.3) is 0 Å². The zero-order valence-corrected chi connectivity index (χ0v) is 13.4. The van der Waals surface area contributed by atoms with Crippen molar-refractivity contribution in [2.24, 2.45) is 0 Å². The Kier molecular flexibility index (Phi) is 5.14. The molecule has 19 heavy (non-hydrogen) atoms. The number of hydrogen-bond acceptors (Lipinski definition) is 2. The summed E-state index contributed by atoms with van der Waals surface area (Å²) in [5.74, 6) is 0.476. The number of anilines is 1. The molecule has 0 amide bonds. The van der Waals surface area contributed by atoms with Crippen LogP contribution in [0.4, 0.5) is 5.69 Å². The van der Waals surface area contributed by atoms with Crippen molar-refractivity contribution in [3.05, 3.63) is 51.2 Å². The fourth-order valence-electron chi connectivity index (χ4n) is 2.08. The maximum absolute atomic E-state index is 6.39. The van der Waals surface area contributed by atoms with E-state index < -0.39 is 0 Å². The van der Waals surface area contributed by atoms with Crippen LogP contribution in [0.15, 0.2) is 35.7 Å². The molecule has 0 aliphatic rings. The lowest BCUT2D eigenvalue weighted by Gasteiger charge is -2.31. The fourth-order valence-corrected chi connectivity index (χ4v) is 3.30. The third-order valence-corrected chi connectivity index (χ3v) is 4.49. The van der Waals surface area contributed by atoms with Crippen LogP contribution in [-0.4, -0.2) is 6.04 Å². The van der Waals surface area contributed by atoms with Gasteiger partial charge in [0.05, 0.1) is 17.3 Å². The average Bonchev–Trinajstić information content (AvgIpc) is 2.89. The largest absolute Gasteiger partial charge is 0.362 e. The summed E-state index contributed by atoms with van der Waals surface area (Å²) >= 11 is 14.2. The monoisotopic (exact) mass is 313 g/mol. The van der Waals surface area contributed by atoms with Gasteiger partial charge in [0.2, 0.25) is 0 Å². The van der Waals surface area contributed by atoms with Crippen molar-refractivity contribution in [1.29, 1.82) is 0 Å². The number of alkyl halides is 1. The molecule has 0 atom stereocenters. The number of thiophene rings is 1. The minimum atomic E-state index is 0.365. The van der Waals surface area contributed by atoms with E-state index in [-0.39, 0.29) is 0 Å². The molecule has 1 aromatic heterocycles. The van der Waals surface area contributed by atoms with Gasteiger partial charge in [0.15, 0.2) is 0 Å². The molecule has 0 spiro atoms. The Hall–Kier alpha value is -0.700. The van der Waals surface area contributed by atoms with Crippen molar-refractivity contribution >= 4 is 40.2 Å². The summed E-state index contributed by atoms with van der Waals surface area (Å²) < 4.78 is 0. The predicted octanol–water partition coefficient (Wildman–Crippen LogP) is 5.56. The van der Waals surface area contributed by atoms with E-state index in [1.807, 2.05) is 18.2 Å². The highest BCUT2D eigenvalue weighted by Crippen LogP contribution is 2.34. The van der Waals surface area contributed by atoms with Gasteiger partial charge in [-0.3, -0.25) is 0 Å². The Morgan fingerprint density at radius 1 is 1.21 bits per heavy atom. The van der Waals surface area contributed by atoms with Gasteiger partial charge in [-0.1, -0.05) is 29.8 Å². The molecule has 0 saturated heterocycles. The van der Waals surface area contributed by atoms with Crippen molar-refractivity contribution in [2.75, 3.05) is 4.90 Å². The summed E-state index contributed by atoms with van der Waals surface area (Å²) in [6.07, 6.45) is 0. The van der Waals surface area contributed by atoms with Gasteiger partial charge in [-0.2, -0.15) is 0 Å². The van der Waals surface area contributed by atoms with Crippen LogP contribution in [0.3, 0.4) is 0 Å².